The first-order chi connectivity index (χ1) is 7.66. The molecule has 1 aromatic heterocycles. The van der Waals surface area contributed by atoms with Crippen LogP contribution in [-0.2, 0) is 0 Å². The second-order valence-corrected chi connectivity index (χ2v) is 4.88. The predicted octanol–water partition coefficient (Wildman–Crippen LogP) is 2.01. The molecule has 1 aromatic rings. The van der Waals surface area contributed by atoms with Gasteiger partial charge in [-0.25, -0.2) is 4.98 Å². The molecule has 0 aliphatic heterocycles. The van der Waals surface area contributed by atoms with Gasteiger partial charge in [0.25, 0.3) is 5.56 Å². The van der Waals surface area contributed by atoms with Gasteiger partial charge in [0.1, 0.15) is 0 Å². The maximum atomic E-state index is 11.5. The largest absolute Gasteiger partial charge is 0.363 e. The molecule has 0 saturated heterocycles. The van der Waals surface area contributed by atoms with Gasteiger partial charge >= 0.3 is 0 Å². The highest BCUT2D eigenvalue weighted by atomic mass is 16.1. The number of aromatic nitrogens is 2. The molecule has 1 saturated carbocycles. The minimum atomic E-state index is -0.131. The monoisotopic (exact) mass is 221 g/mol. The number of nitrogens with one attached hydrogen (secondary N) is 2. The van der Waals surface area contributed by atoms with Crippen molar-refractivity contribution >= 4 is 5.82 Å². The topological polar surface area (TPSA) is 57.8 Å². The average molecular weight is 221 g/mol. The van der Waals surface area contributed by atoms with Gasteiger partial charge in [-0.05, 0) is 31.1 Å². The Bertz CT molecular complexity index is 401. The molecule has 1 fully saturated rings. The Kier molecular flexibility index (Phi) is 3.27. The molecule has 4 nitrogen and oxygen atoms in total. The first-order valence-corrected chi connectivity index (χ1v) is 5.97. The lowest BCUT2D eigenvalue weighted by Gasteiger charge is -2.32. The van der Waals surface area contributed by atoms with Crippen LogP contribution in [0, 0.1) is 11.8 Å². The van der Waals surface area contributed by atoms with Crippen molar-refractivity contribution < 1.29 is 0 Å². The van der Waals surface area contributed by atoms with Crippen molar-refractivity contribution in [3.63, 3.8) is 0 Å². The Labute approximate surface area is 95.5 Å². The van der Waals surface area contributed by atoms with Crippen LogP contribution in [0.25, 0.3) is 0 Å². The lowest BCUT2D eigenvalue weighted by molar-refractivity contribution is 0.260. The van der Waals surface area contributed by atoms with Crippen LogP contribution in [0.4, 0.5) is 5.82 Å². The fourth-order valence-electron chi connectivity index (χ4n) is 2.33. The average Bonchev–Trinajstić information content (AvgIpc) is 2.27. The summed E-state index contributed by atoms with van der Waals surface area (Å²) in [7, 11) is 0. The van der Waals surface area contributed by atoms with Crippen LogP contribution in [0.15, 0.2) is 17.2 Å². The van der Waals surface area contributed by atoms with Gasteiger partial charge in [-0.15, -0.1) is 0 Å². The van der Waals surface area contributed by atoms with Crippen LogP contribution in [0.5, 0.6) is 0 Å². The number of aromatic amines is 1. The summed E-state index contributed by atoms with van der Waals surface area (Å²) in [4.78, 5) is 18.1. The minimum absolute atomic E-state index is 0.131. The van der Waals surface area contributed by atoms with E-state index in [2.05, 4.69) is 29.1 Å². The van der Waals surface area contributed by atoms with Crippen molar-refractivity contribution in [1.29, 1.82) is 0 Å². The van der Waals surface area contributed by atoms with Gasteiger partial charge in [0.05, 0.1) is 0 Å². The molecule has 16 heavy (non-hydrogen) atoms. The zero-order valence-electron chi connectivity index (χ0n) is 9.86. The van der Waals surface area contributed by atoms with Crippen molar-refractivity contribution in [2.45, 2.75) is 39.2 Å². The van der Waals surface area contributed by atoms with Gasteiger partial charge in [0.2, 0.25) is 0 Å². The zero-order chi connectivity index (χ0) is 11.5. The van der Waals surface area contributed by atoms with Crippen LogP contribution >= 0.6 is 0 Å². The molecule has 1 heterocycles. The Hall–Kier alpha value is -1.32. The zero-order valence-corrected chi connectivity index (χ0v) is 9.86. The summed E-state index contributed by atoms with van der Waals surface area (Å²) in [6.45, 7) is 4.58. The van der Waals surface area contributed by atoms with Gasteiger partial charge < -0.3 is 10.3 Å². The number of hydrogen-bond donors (Lipinski definition) is 2. The predicted molar refractivity (Wildman–Crippen MR) is 64.4 cm³/mol. The van der Waals surface area contributed by atoms with E-state index in [9.17, 15) is 4.79 Å². The lowest BCUT2D eigenvalue weighted by Crippen LogP contribution is -2.32. The molecule has 1 aliphatic rings. The molecule has 4 heteroatoms. The highest BCUT2D eigenvalue weighted by Crippen LogP contribution is 2.30. The van der Waals surface area contributed by atoms with Gasteiger partial charge in [-0.3, -0.25) is 4.79 Å². The molecule has 0 aromatic carbocycles. The van der Waals surface area contributed by atoms with E-state index < -0.39 is 0 Å². The Morgan fingerprint density at radius 1 is 1.38 bits per heavy atom. The Balaban J connectivity index is 2.01. The number of hydrogen-bond acceptors (Lipinski definition) is 3. The van der Waals surface area contributed by atoms with E-state index in [-0.39, 0.29) is 5.56 Å². The SMILES string of the molecule is CC1CCC(Nc2ncc[nH]c2=O)CC1C. The smallest absolute Gasteiger partial charge is 0.290 e. The fraction of sp³-hybridized carbons (Fsp3) is 0.667. The normalized spacial score (nSPS) is 30.0. The molecule has 0 bridgehead atoms. The minimum Gasteiger partial charge on any atom is -0.363 e. The standard InChI is InChI=1S/C12H19N3O/c1-8-3-4-10(7-9(8)2)15-11-12(16)14-6-5-13-11/h5-6,8-10H,3-4,7H2,1-2H3,(H,13,15)(H,14,16). The number of anilines is 1. The second-order valence-electron chi connectivity index (χ2n) is 4.88. The summed E-state index contributed by atoms with van der Waals surface area (Å²) in [6, 6.07) is 0.391. The van der Waals surface area contributed by atoms with Crippen LogP contribution in [0.2, 0.25) is 0 Å². The summed E-state index contributed by atoms with van der Waals surface area (Å²) in [6.07, 6.45) is 6.64. The summed E-state index contributed by atoms with van der Waals surface area (Å²) < 4.78 is 0. The molecule has 0 radical (unpaired) electrons. The number of rotatable bonds is 2. The van der Waals surface area contributed by atoms with E-state index in [4.69, 9.17) is 0 Å². The van der Waals surface area contributed by atoms with Crippen molar-refractivity contribution in [2.24, 2.45) is 11.8 Å². The fourth-order valence-corrected chi connectivity index (χ4v) is 2.33. The van der Waals surface area contributed by atoms with E-state index in [0.29, 0.717) is 17.8 Å². The van der Waals surface area contributed by atoms with Crippen molar-refractivity contribution in [3.8, 4) is 0 Å². The molecule has 88 valence electrons. The lowest BCUT2D eigenvalue weighted by atomic mass is 9.79. The van der Waals surface area contributed by atoms with Gasteiger partial charge in [0, 0.05) is 18.4 Å². The van der Waals surface area contributed by atoms with Gasteiger partial charge in [-0.2, -0.15) is 0 Å². The van der Waals surface area contributed by atoms with Crippen LogP contribution in [0.1, 0.15) is 33.1 Å². The molecule has 1 aliphatic carbocycles. The highest BCUT2D eigenvalue weighted by Gasteiger charge is 2.24. The van der Waals surface area contributed by atoms with Crippen LogP contribution in [-0.4, -0.2) is 16.0 Å². The van der Waals surface area contributed by atoms with Gasteiger partial charge in [0.15, 0.2) is 5.82 Å². The molecule has 2 N–H and O–H groups in total. The third-order valence-electron chi connectivity index (χ3n) is 3.65. The molecule has 0 spiro atoms. The van der Waals surface area contributed by atoms with Crippen LogP contribution in [0.3, 0.4) is 0 Å². The summed E-state index contributed by atoms with van der Waals surface area (Å²) in [5.74, 6) is 1.96. The van der Waals surface area contributed by atoms with E-state index in [1.165, 1.54) is 6.42 Å². The number of nitrogens with zero attached hydrogens (tertiary/aromatic N) is 1. The molecular formula is C12H19N3O. The van der Waals surface area contributed by atoms with Crippen molar-refractivity contribution in [2.75, 3.05) is 5.32 Å². The van der Waals surface area contributed by atoms with Crippen molar-refractivity contribution in [3.05, 3.63) is 22.7 Å². The molecule has 3 unspecified atom stereocenters. The third-order valence-corrected chi connectivity index (χ3v) is 3.65. The van der Waals surface area contributed by atoms with Crippen molar-refractivity contribution in [1.82, 2.24) is 9.97 Å². The summed E-state index contributed by atoms with van der Waals surface area (Å²) in [5, 5.41) is 3.25. The summed E-state index contributed by atoms with van der Waals surface area (Å²) >= 11 is 0. The Morgan fingerprint density at radius 2 is 2.19 bits per heavy atom. The first kappa shape index (κ1) is 11.2. The maximum absolute atomic E-state index is 11.5. The van der Waals surface area contributed by atoms with E-state index in [1.807, 2.05) is 0 Å². The maximum Gasteiger partial charge on any atom is 0.290 e. The third kappa shape index (κ3) is 2.43. The quantitative estimate of drug-likeness (QED) is 0.803. The van der Waals surface area contributed by atoms with E-state index >= 15 is 0 Å². The molecular weight excluding hydrogens is 202 g/mol. The first-order valence-electron chi connectivity index (χ1n) is 5.97. The molecule has 2 rings (SSSR count). The summed E-state index contributed by atoms with van der Waals surface area (Å²) in [5.41, 5.74) is -0.131. The highest BCUT2D eigenvalue weighted by molar-refractivity contribution is 5.31. The molecule has 0 amide bonds. The van der Waals surface area contributed by atoms with E-state index in [0.717, 1.165) is 18.8 Å². The van der Waals surface area contributed by atoms with Gasteiger partial charge in [-0.1, -0.05) is 13.8 Å². The second kappa shape index (κ2) is 4.68. The van der Waals surface area contributed by atoms with Crippen LogP contribution < -0.4 is 10.9 Å². The molecule has 3 atom stereocenters. The van der Waals surface area contributed by atoms with E-state index in [1.54, 1.807) is 12.4 Å². The Morgan fingerprint density at radius 3 is 2.88 bits per heavy atom. The number of H-pyrrole nitrogens is 1.